The first-order chi connectivity index (χ1) is 9.79. The van der Waals surface area contributed by atoms with Gasteiger partial charge in [0.1, 0.15) is 5.75 Å². The molecule has 0 radical (unpaired) electrons. The molecule has 0 bridgehead atoms. The van der Waals surface area contributed by atoms with E-state index in [0.29, 0.717) is 19.1 Å². The van der Waals surface area contributed by atoms with Gasteiger partial charge in [0.25, 0.3) is 0 Å². The van der Waals surface area contributed by atoms with Crippen LogP contribution in [0.3, 0.4) is 0 Å². The molecule has 2 nitrogen and oxygen atoms in total. The zero-order valence-corrected chi connectivity index (χ0v) is 12.2. The lowest BCUT2D eigenvalue weighted by molar-refractivity contribution is 0.279. The highest BCUT2D eigenvalue weighted by molar-refractivity contribution is 6.31. The number of hydrogen-bond donors (Lipinski definition) is 1. The maximum atomic E-state index is 6.18. The van der Waals surface area contributed by atoms with Gasteiger partial charge in [-0.3, -0.25) is 0 Å². The van der Waals surface area contributed by atoms with E-state index in [1.807, 2.05) is 48.5 Å². The number of halogens is 1. The molecule has 3 heteroatoms. The van der Waals surface area contributed by atoms with Crippen molar-refractivity contribution in [2.75, 3.05) is 13.2 Å². The summed E-state index contributed by atoms with van der Waals surface area (Å²) in [6.45, 7) is 1.32. The summed E-state index contributed by atoms with van der Waals surface area (Å²) >= 11 is 6.18. The molecule has 0 aliphatic heterocycles. The lowest BCUT2D eigenvalue weighted by Gasteiger charge is -2.16. The first kappa shape index (κ1) is 14.9. The smallest absolute Gasteiger partial charge is 0.119 e. The molecule has 1 unspecified atom stereocenters. The van der Waals surface area contributed by atoms with E-state index < -0.39 is 0 Å². The monoisotopic (exact) mass is 289 g/mol. The van der Waals surface area contributed by atoms with Gasteiger partial charge in [-0.2, -0.15) is 0 Å². The van der Waals surface area contributed by atoms with Crippen LogP contribution in [0.5, 0.6) is 5.75 Å². The Morgan fingerprint density at radius 2 is 1.70 bits per heavy atom. The first-order valence-electron chi connectivity index (χ1n) is 6.91. The van der Waals surface area contributed by atoms with Crippen LogP contribution in [0.25, 0.3) is 0 Å². The minimum atomic E-state index is 0.388. The summed E-state index contributed by atoms with van der Waals surface area (Å²) in [5, 5.41) is 0.815. The van der Waals surface area contributed by atoms with Crippen molar-refractivity contribution < 1.29 is 4.74 Å². The topological polar surface area (TPSA) is 35.2 Å². The van der Waals surface area contributed by atoms with Crippen LogP contribution in [-0.2, 0) is 6.42 Å². The predicted molar refractivity (Wildman–Crippen MR) is 84.3 cm³/mol. The van der Waals surface area contributed by atoms with Gasteiger partial charge in [0.15, 0.2) is 0 Å². The second-order valence-electron chi connectivity index (χ2n) is 4.85. The van der Waals surface area contributed by atoms with Crippen LogP contribution >= 0.6 is 11.6 Å². The van der Waals surface area contributed by atoms with Crippen LogP contribution in [0.15, 0.2) is 54.6 Å². The Kier molecular flexibility index (Phi) is 5.90. The Balaban J connectivity index is 1.82. The number of rotatable bonds is 7. The Morgan fingerprint density at radius 1 is 1.00 bits per heavy atom. The summed E-state index contributed by atoms with van der Waals surface area (Å²) in [4.78, 5) is 0. The summed E-state index contributed by atoms with van der Waals surface area (Å²) in [7, 11) is 0. The van der Waals surface area contributed by atoms with Crippen LogP contribution in [-0.4, -0.2) is 13.2 Å². The highest BCUT2D eigenvalue weighted by Gasteiger charge is 2.10. The molecule has 0 saturated carbocycles. The fraction of sp³-hybridized carbons (Fsp3) is 0.294. The van der Waals surface area contributed by atoms with E-state index in [-0.39, 0.29) is 0 Å². The average Bonchev–Trinajstić information content (AvgIpc) is 2.49. The second-order valence-corrected chi connectivity index (χ2v) is 5.25. The normalized spacial score (nSPS) is 12.1. The van der Waals surface area contributed by atoms with Crippen LogP contribution in [0, 0.1) is 5.92 Å². The summed E-state index contributed by atoms with van der Waals surface area (Å²) in [6, 6.07) is 17.8. The fourth-order valence-electron chi connectivity index (χ4n) is 2.14. The van der Waals surface area contributed by atoms with Crippen molar-refractivity contribution >= 4 is 11.6 Å². The summed E-state index contributed by atoms with van der Waals surface area (Å²) in [6.07, 6.45) is 1.82. The molecule has 2 aromatic carbocycles. The molecule has 106 valence electrons. The molecule has 0 fully saturated rings. The first-order valence-corrected chi connectivity index (χ1v) is 7.28. The quantitative estimate of drug-likeness (QED) is 0.838. The van der Waals surface area contributed by atoms with Gasteiger partial charge in [0, 0.05) is 5.02 Å². The average molecular weight is 290 g/mol. The van der Waals surface area contributed by atoms with E-state index >= 15 is 0 Å². The molecular formula is C17H20ClNO. The maximum absolute atomic E-state index is 6.18. The van der Waals surface area contributed by atoms with Crippen LogP contribution in [0.4, 0.5) is 0 Å². The zero-order chi connectivity index (χ0) is 14.2. The van der Waals surface area contributed by atoms with Crippen LogP contribution in [0.1, 0.15) is 12.0 Å². The van der Waals surface area contributed by atoms with E-state index in [9.17, 15) is 0 Å². The molecule has 0 spiro atoms. The zero-order valence-electron chi connectivity index (χ0n) is 11.5. The SMILES string of the molecule is NCC(CCOc1ccccc1)Cc1ccccc1Cl. The van der Waals surface area contributed by atoms with Crippen molar-refractivity contribution in [2.45, 2.75) is 12.8 Å². The molecule has 0 amide bonds. The number of para-hydroxylation sites is 1. The molecule has 0 saturated heterocycles. The molecule has 20 heavy (non-hydrogen) atoms. The van der Waals surface area contributed by atoms with Gasteiger partial charge < -0.3 is 10.5 Å². The maximum Gasteiger partial charge on any atom is 0.119 e. The third-order valence-electron chi connectivity index (χ3n) is 3.34. The molecule has 1 atom stereocenters. The summed E-state index contributed by atoms with van der Waals surface area (Å²) < 4.78 is 5.72. The third-order valence-corrected chi connectivity index (χ3v) is 3.71. The third kappa shape index (κ3) is 4.55. The molecule has 2 aromatic rings. The number of benzene rings is 2. The van der Waals surface area contributed by atoms with Crippen molar-refractivity contribution in [1.29, 1.82) is 0 Å². The molecule has 0 aromatic heterocycles. The lowest BCUT2D eigenvalue weighted by atomic mass is 9.96. The minimum Gasteiger partial charge on any atom is -0.494 e. The summed E-state index contributed by atoms with van der Waals surface area (Å²) in [5.41, 5.74) is 7.01. The highest BCUT2D eigenvalue weighted by Crippen LogP contribution is 2.20. The second kappa shape index (κ2) is 7.93. The molecule has 0 aliphatic rings. The van der Waals surface area contributed by atoms with Gasteiger partial charge in [0.05, 0.1) is 6.61 Å². The fourth-order valence-corrected chi connectivity index (χ4v) is 2.35. The number of nitrogens with two attached hydrogens (primary N) is 1. The lowest BCUT2D eigenvalue weighted by Crippen LogP contribution is -2.19. The van der Waals surface area contributed by atoms with Gasteiger partial charge in [-0.15, -0.1) is 0 Å². The number of ether oxygens (including phenoxy) is 1. The van der Waals surface area contributed by atoms with Crippen molar-refractivity contribution in [3.63, 3.8) is 0 Å². The van der Waals surface area contributed by atoms with Gasteiger partial charge in [-0.25, -0.2) is 0 Å². The van der Waals surface area contributed by atoms with E-state index in [1.165, 1.54) is 0 Å². The van der Waals surface area contributed by atoms with E-state index in [4.69, 9.17) is 22.1 Å². The molecular weight excluding hydrogens is 270 g/mol. The van der Waals surface area contributed by atoms with Crippen molar-refractivity contribution in [1.82, 2.24) is 0 Å². The van der Waals surface area contributed by atoms with Gasteiger partial charge in [0.2, 0.25) is 0 Å². The highest BCUT2D eigenvalue weighted by atomic mass is 35.5. The van der Waals surface area contributed by atoms with Crippen LogP contribution in [0.2, 0.25) is 5.02 Å². The van der Waals surface area contributed by atoms with Crippen molar-refractivity contribution in [2.24, 2.45) is 11.7 Å². The minimum absolute atomic E-state index is 0.388. The Labute approximate surface area is 125 Å². The van der Waals surface area contributed by atoms with Gasteiger partial charge in [-0.1, -0.05) is 48.0 Å². The molecule has 0 aliphatic carbocycles. The predicted octanol–water partition coefficient (Wildman–Crippen LogP) is 3.93. The Hall–Kier alpha value is -1.51. The summed E-state index contributed by atoms with van der Waals surface area (Å²) in [5.74, 6) is 1.29. The Bertz CT molecular complexity index is 515. The van der Waals surface area contributed by atoms with Crippen LogP contribution < -0.4 is 10.5 Å². The van der Waals surface area contributed by atoms with E-state index in [0.717, 1.165) is 29.2 Å². The molecule has 2 rings (SSSR count). The Morgan fingerprint density at radius 3 is 2.40 bits per heavy atom. The number of hydrogen-bond acceptors (Lipinski definition) is 2. The van der Waals surface area contributed by atoms with Gasteiger partial charge >= 0.3 is 0 Å². The molecule has 0 heterocycles. The van der Waals surface area contributed by atoms with Crippen molar-refractivity contribution in [3.8, 4) is 5.75 Å². The van der Waals surface area contributed by atoms with E-state index in [1.54, 1.807) is 0 Å². The standard InChI is InChI=1S/C17H20ClNO/c18-17-9-5-4-6-15(17)12-14(13-19)10-11-20-16-7-2-1-3-8-16/h1-9,14H,10-13,19H2. The molecule has 2 N–H and O–H groups in total. The van der Waals surface area contributed by atoms with Gasteiger partial charge in [-0.05, 0) is 49.1 Å². The largest absolute Gasteiger partial charge is 0.494 e. The van der Waals surface area contributed by atoms with Crippen molar-refractivity contribution in [3.05, 3.63) is 65.2 Å². The van der Waals surface area contributed by atoms with E-state index in [2.05, 4.69) is 6.07 Å².